The minimum absolute atomic E-state index is 0.0743. The van der Waals surface area contributed by atoms with Crippen LogP contribution in [0, 0.1) is 5.92 Å². The van der Waals surface area contributed by atoms with Gasteiger partial charge in [-0.2, -0.15) is 0 Å². The zero-order valence-electron chi connectivity index (χ0n) is 10.8. The molecule has 106 valence electrons. The summed E-state index contributed by atoms with van der Waals surface area (Å²) in [5.41, 5.74) is 0. The van der Waals surface area contributed by atoms with Crippen LogP contribution in [-0.2, 0) is 24.4 Å². The highest BCUT2D eigenvalue weighted by Crippen LogP contribution is 2.13. The Bertz CT molecular complexity index is 266. The smallest absolute Gasteiger partial charge is 0.352 e. The molecule has 0 heterocycles. The summed E-state index contributed by atoms with van der Waals surface area (Å²) >= 11 is 0. The lowest BCUT2D eigenvalue weighted by Gasteiger charge is -2.21. The minimum atomic E-state index is -1.26. The Balaban J connectivity index is 4.05. The zero-order valence-corrected chi connectivity index (χ0v) is 10.8. The van der Waals surface area contributed by atoms with Gasteiger partial charge in [0, 0.05) is 11.5 Å². The molecule has 18 heavy (non-hydrogen) atoms. The average molecular weight is 264 g/mol. The summed E-state index contributed by atoms with van der Waals surface area (Å²) in [5, 5.41) is 23.1. The van der Waals surface area contributed by atoms with Gasteiger partial charge in [-0.05, 0) is 13.3 Å². The fraction of sp³-hybridized carbons (Fsp3) is 0.818. The number of aliphatic hydroxyl groups excluding tert-OH is 2. The molecule has 0 spiro atoms. The van der Waals surface area contributed by atoms with E-state index in [1.165, 1.54) is 6.92 Å². The van der Waals surface area contributed by atoms with Gasteiger partial charge in [-0.1, -0.05) is 20.3 Å². The molecule has 0 saturated carbocycles. The van der Waals surface area contributed by atoms with Gasteiger partial charge in [0.2, 0.25) is 0 Å². The first-order valence-electron chi connectivity index (χ1n) is 5.87. The van der Waals surface area contributed by atoms with Crippen molar-refractivity contribution >= 4 is 11.9 Å². The molecule has 0 aromatic rings. The summed E-state index contributed by atoms with van der Waals surface area (Å²) in [6.07, 6.45) is -1.17. The number of carbonyl (C=O) groups is 2. The second-order valence-corrected chi connectivity index (χ2v) is 3.91. The Kier molecular flexibility index (Phi) is 8.27. The highest BCUT2D eigenvalue weighted by molar-refractivity contribution is 5.72. The van der Waals surface area contributed by atoms with E-state index >= 15 is 0 Å². The number of carbonyl (C=O) groups excluding carboxylic acids is 2. The number of rotatable bonds is 8. The molecule has 0 amide bonds. The molecular formula is C11H20O7. The molecular weight excluding hydrogens is 244 g/mol. The first kappa shape index (κ1) is 16.8. The third-order valence-electron chi connectivity index (χ3n) is 2.39. The molecule has 3 unspecified atom stereocenters. The number of hydrogen-bond donors (Lipinski definition) is 2. The van der Waals surface area contributed by atoms with E-state index < -0.39 is 30.1 Å². The standard InChI is InChI=1S/C11H20O7/c1-4-6-8(12)10(14)7(3)11(15)17-18-16-9(13)5-2/h7-8,10,12,14H,4-6H2,1-3H3. The molecule has 0 aromatic carbocycles. The normalized spacial score (nSPS) is 15.6. The fourth-order valence-corrected chi connectivity index (χ4v) is 1.16. The Morgan fingerprint density at radius 2 is 1.78 bits per heavy atom. The lowest BCUT2D eigenvalue weighted by molar-refractivity contribution is -0.461. The van der Waals surface area contributed by atoms with Gasteiger partial charge in [0.1, 0.15) is 0 Å². The van der Waals surface area contributed by atoms with Gasteiger partial charge in [-0.15, -0.1) is 0 Å². The van der Waals surface area contributed by atoms with Gasteiger partial charge in [0.25, 0.3) is 0 Å². The molecule has 3 atom stereocenters. The molecule has 0 saturated heterocycles. The van der Waals surface area contributed by atoms with Crippen molar-refractivity contribution in [2.75, 3.05) is 0 Å². The Labute approximate surface area is 105 Å². The van der Waals surface area contributed by atoms with Crippen LogP contribution in [0.2, 0.25) is 0 Å². The van der Waals surface area contributed by atoms with Gasteiger partial charge >= 0.3 is 11.9 Å². The Hall–Kier alpha value is -1.18. The third kappa shape index (κ3) is 5.95. The molecule has 0 bridgehead atoms. The van der Waals surface area contributed by atoms with Gasteiger partial charge < -0.3 is 10.2 Å². The molecule has 7 nitrogen and oxygen atoms in total. The zero-order chi connectivity index (χ0) is 14.1. The van der Waals surface area contributed by atoms with Crippen LogP contribution >= 0.6 is 0 Å². The molecule has 0 aromatic heterocycles. The first-order chi connectivity index (χ1) is 8.43. The van der Waals surface area contributed by atoms with Crippen molar-refractivity contribution in [1.82, 2.24) is 0 Å². The van der Waals surface area contributed by atoms with E-state index in [-0.39, 0.29) is 6.42 Å². The molecule has 7 heteroatoms. The SMILES string of the molecule is CCCC(O)C(O)C(C)C(=O)OOOC(=O)CC. The maximum atomic E-state index is 11.4. The van der Waals surface area contributed by atoms with E-state index in [1.807, 2.05) is 6.92 Å². The van der Waals surface area contributed by atoms with Crippen LogP contribution in [0.5, 0.6) is 0 Å². The van der Waals surface area contributed by atoms with Crippen molar-refractivity contribution in [3.8, 4) is 0 Å². The quantitative estimate of drug-likeness (QED) is 0.485. The monoisotopic (exact) mass is 264 g/mol. The number of hydrogen-bond acceptors (Lipinski definition) is 7. The minimum Gasteiger partial charge on any atom is -0.390 e. The van der Waals surface area contributed by atoms with Gasteiger partial charge in [0.05, 0.1) is 18.1 Å². The van der Waals surface area contributed by atoms with Crippen molar-refractivity contribution in [2.24, 2.45) is 5.92 Å². The van der Waals surface area contributed by atoms with Crippen molar-refractivity contribution in [3.05, 3.63) is 0 Å². The van der Waals surface area contributed by atoms with E-state index in [1.54, 1.807) is 6.92 Å². The van der Waals surface area contributed by atoms with Crippen LogP contribution in [0.15, 0.2) is 0 Å². The molecule has 0 fully saturated rings. The van der Waals surface area contributed by atoms with Crippen LogP contribution in [0.25, 0.3) is 0 Å². The second-order valence-electron chi connectivity index (χ2n) is 3.91. The summed E-state index contributed by atoms with van der Waals surface area (Å²) in [5.74, 6) is -2.62. The molecule has 0 rings (SSSR count). The number of aliphatic hydroxyl groups is 2. The van der Waals surface area contributed by atoms with E-state index in [0.717, 1.165) is 0 Å². The second kappa shape index (κ2) is 8.84. The van der Waals surface area contributed by atoms with Crippen LogP contribution in [0.4, 0.5) is 0 Å². The Morgan fingerprint density at radius 1 is 1.17 bits per heavy atom. The van der Waals surface area contributed by atoms with E-state index in [0.29, 0.717) is 12.8 Å². The van der Waals surface area contributed by atoms with Crippen molar-refractivity contribution in [2.45, 2.75) is 52.2 Å². The van der Waals surface area contributed by atoms with E-state index in [9.17, 15) is 19.8 Å². The maximum absolute atomic E-state index is 11.4. The first-order valence-corrected chi connectivity index (χ1v) is 5.87. The van der Waals surface area contributed by atoms with Crippen molar-refractivity contribution in [1.29, 1.82) is 0 Å². The summed E-state index contributed by atoms with van der Waals surface area (Å²) < 4.78 is 0. The Morgan fingerprint density at radius 3 is 2.28 bits per heavy atom. The lowest BCUT2D eigenvalue weighted by Crippen LogP contribution is -2.37. The molecule has 0 aliphatic heterocycles. The summed E-state index contributed by atoms with van der Waals surface area (Å²) in [7, 11) is 0. The average Bonchev–Trinajstić information content (AvgIpc) is 2.36. The fourth-order valence-electron chi connectivity index (χ4n) is 1.16. The third-order valence-corrected chi connectivity index (χ3v) is 2.39. The summed E-state index contributed by atoms with van der Waals surface area (Å²) in [6, 6.07) is 0. The lowest BCUT2D eigenvalue weighted by atomic mass is 9.97. The van der Waals surface area contributed by atoms with Crippen LogP contribution in [0.3, 0.4) is 0 Å². The van der Waals surface area contributed by atoms with Gasteiger partial charge in [-0.3, -0.25) is 9.78 Å². The predicted molar refractivity (Wildman–Crippen MR) is 59.6 cm³/mol. The van der Waals surface area contributed by atoms with Crippen LogP contribution in [-0.4, -0.2) is 34.4 Å². The molecule has 0 aliphatic rings. The maximum Gasteiger partial charge on any atom is 0.352 e. The van der Waals surface area contributed by atoms with Crippen molar-refractivity contribution in [3.63, 3.8) is 0 Å². The molecule has 0 aliphatic carbocycles. The largest absolute Gasteiger partial charge is 0.390 e. The summed E-state index contributed by atoms with van der Waals surface area (Å²) in [4.78, 5) is 30.3. The predicted octanol–water partition coefficient (Wildman–Crippen LogP) is 0.487. The van der Waals surface area contributed by atoms with Crippen LogP contribution < -0.4 is 0 Å². The van der Waals surface area contributed by atoms with E-state index in [4.69, 9.17) is 0 Å². The molecule has 2 N–H and O–H groups in total. The van der Waals surface area contributed by atoms with Crippen molar-refractivity contribution < 1.29 is 34.6 Å². The highest BCUT2D eigenvalue weighted by atomic mass is 17.5. The van der Waals surface area contributed by atoms with Gasteiger partial charge in [0.15, 0.2) is 0 Å². The van der Waals surface area contributed by atoms with Gasteiger partial charge in [-0.25, -0.2) is 9.59 Å². The molecule has 0 radical (unpaired) electrons. The topological polar surface area (TPSA) is 102 Å². The summed E-state index contributed by atoms with van der Waals surface area (Å²) in [6.45, 7) is 4.75. The highest BCUT2D eigenvalue weighted by Gasteiger charge is 2.30. The van der Waals surface area contributed by atoms with E-state index in [2.05, 4.69) is 14.8 Å². The van der Waals surface area contributed by atoms with Crippen LogP contribution in [0.1, 0.15) is 40.0 Å².